The minimum Gasteiger partial charge on any atom is -0.375 e. The van der Waals surface area contributed by atoms with Crippen LogP contribution in [0.2, 0.25) is 0 Å². The summed E-state index contributed by atoms with van der Waals surface area (Å²) in [5, 5.41) is 7.33. The SMILES string of the molecule is Cc1[nH]c2ccccc2c1/C=N\NC(=O)Cc1csc(N)n1. The maximum absolute atomic E-state index is 11.8. The molecule has 2 heterocycles. The van der Waals surface area contributed by atoms with E-state index in [1.165, 1.54) is 11.3 Å². The van der Waals surface area contributed by atoms with Crippen LogP contribution in [0.15, 0.2) is 34.7 Å². The first kappa shape index (κ1) is 14.3. The largest absolute Gasteiger partial charge is 0.375 e. The monoisotopic (exact) mass is 313 g/mol. The van der Waals surface area contributed by atoms with Crippen molar-refractivity contribution in [1.82, 2.24) is 15.4 Å². The Bertz CT molecular complexity index is 849. The smallest absolute Gasteiger partial charge is 0.246 e. The Morgan fingerprint density at radius 3 is 3.09 bits per heavy atom. The Kier molecular flexibility index (Phi) is 3.88. The molecule has 3 rings (SSSR count). The van der Waals surface area contributed by atoms with Crippen molar-refractivity contribution >= 4 is 39.5 Å². The Morgan fingerprint density at radius 2 is 2.32 bits per heavy atom. The summed E-state index contributed by atoms with van der Waals surface area (Å²) in [6.45, 7) is 1.97. The fourth-order valence-electron chi connectivity index (χ4n) is 2.24. The lowest BCUT2D eigenvalue weighted by atomic mass is 10.1. The molecule has 7 heteroatoms. The van der Waals surface area contributed by atoms with Crippen LogP contribution in [-0.4, -0.2) is 22.1 Å². The first-order valence-corrected chi connectivity index (χ1v) is 7.60. The van der Waals surface area contributed by atoms with Crippen molar-refractivity contribution in [3.8, 4) is 0 Å². The van der Waals surface area contributed by atoms with Crippen molar-refractivity contribution in [3.63, 3.8) is 0 Å². The van der Waals surface area contributed by atoms with Gasteiger partial charge in [0.2, 0.25) is 5.91 Å². The summed E-state index contributed by atoms with van der Waals surface area (Å²) in [6, 6.07) is 7.96. The molecule has 0 atom stereocenters. The molecule has 0 saturated carbocycles. The first-order chi connectivity index (χ1) is 10.6. The van der Waals surface area contributed by atoms with Gasteiger partial charge in [-0.1, -0.05) is 18.2 Å². The van der Waals surface area contributed by atoms with Crippen molar-refractivity contribution in [2.45, 2.75) is 13.3 Å². The molecule has 0 aliphatic rings. The molecule has 6 nitrogen and oxygen atoms in total. The maximum Gasteiger partial charge on any atom is 0.246 e. The number of thiazole rings is 1. The summed E-state index contributed by atoms with van der Waals surface area (Å²) in [6.07, 6.45) is 1.82. The van der Waals surface area contributed by atoms with E-state index in [0.717, 1.165) is 22.2 Å². The molecule has 2 aromatic heterocycles. The van der Waals surface area contributed by atoms with Crippen molar-refractivity contribution in [3.05, 3.63) is 46.6 Å². The Labute approximate surface area is 131 Å². The number of para-hydroxylation sites is 1. The third-order valence-electron chi connectivity index (χ3n) is 3.24. The minimum absolute atomic E-state index is 0.165. The van der Waals surface area contributed by atoms with Crippen molar-refractivity contribution < 1.29 is 4.79 Å². The van der Waals surface area contributed by atoms with E-state index >= 15 is 0 Å². The van der Waals surface area contributed by atoms with Gasteiger partial charge in [-0.05, 0) is 13.0 Å². The van der Waals surface area contributed by atoms with Gasteiger partial charge < -0.3 is 10.7 Å². The van der Waals surface area contributed by atoms with E-state index in [0.29, 0.717) is 10.8 Å². The third kappa shape index (κ3) is 2.99. The Morgan fingerprint density at radius 1 is 1.50 bits per heavy atom. The average molecular weight is 313 g/mol. The van der Waals surface area contributed by atoms with Crippen molar-refractivity contribution in [2.24, 2.45) is 5.10 Å². The van der Waals surface area contributed by atoms with Crippen LogP contribution < -0.4 is 11.2 Å². The van der Waals surface area contributed by atoms with Gasteiger partial charge in [-0.25, -0.2) is 10.4 Å². The van der Waals surface area contributed by atoms with Gasteiger partial charge in [-0.15, -0.1) is 11.3 Å². The molecule has 0 aliphatic carbocycles. The number of aromatic amines is 1. The lowest BCUT2D eigenvalue weighted by Crippen LogP contribution is -2.20. The summed E-state index contributed by atoms with van der Waals surface area (Å²) in [4.78, 5) is 19.1. The highest BCUT2D eigenvalue weighted by Crippen LogP contribution is 2.19. The predicted molar refractivity (Wildman–Crippen MR) is 89.0 cm³/mol. The molecule has 0 saturated heterocycles. The van der Waals surface area contributed by atoms with Gasteiger partial charge in [0.15, 0.2) is 5.13 Å². The lowest BCUT2D eigenvalue weighted by Gasteiger charge is -1.97. The quantitative estimate of drug-likeness (QED) is 0.509. The number of rotatable bonds is 4. The van der Waals surface area contributed by atoms with Gasteiger partial charge >= 0.3 is 0 Å². The van der Waals surface area contributed by atoms with Gasteiger partial charge in [-0.3, -0.25) is 4.79 Å². The van der Waals surface area contributed by atoms with Crippen molar-refractivity contribution in [1.29, 1.82) is 0 Å². The third-order valence-corrected chi connectivity index (χ3v) is 3.96. The van der Waals surface area contributed by atoms with Crippen molar-refractivity contribution in [2.75, 3.05) is 5.73 Å². The highest BCUT2D eigenvalue weighted by atomic mass is 32.1. The number of hydrogen-bond acceptors (Lipinski definition) is 5. The van der Waals surface area contributed by atoms with Gasteiger partial charge in [0.1, 0.15) is 0 Å². The minimum atomic E-state index is -0.223. The zero-order chi connectivity index (χ0) is 15.5. The molecule has 0 spiro atoms. The number of nitrogens with zero attached hydrogens (tertiary/aromatic N) is 2. The number of benzene rings is 1. The van der Waals surface area contributed by atoms with Crippen LogP contribution in [0.5, 0.6) is 0 Å². The fourth-order valence-corrected chi connectivity index (χ4v) is 2.80. The number of hydrogen-bond donors (Lipinski definition) is 3. The second-order valence-electron chi connectivity index (χ2n) is 4.86. The molecule has 1 amide bonds. The number of nitrogen functional groups attached to an aromatic ring is 1. The number of nitrogens with one attached hydrogen (secondary N) is 2. The zero-order valence-electron chi connectivity index (χ0n) is 12.0. The van der Waals surface area contributed by atoms with Crippen LogP contribution in [0.4, 0.5) is 5.13 Å². The number of carbonyl (C=O) groups is 1. The van der Waals surface area contributed by atoms with Gasteiger partial charge in [0, 0.05) is 27.5 Å². The van der Waals surface area contributed by atoms with Gasteiger partial charge in [-0.2, -0.15) is 5.10 Å². The van der Waals surface area contributed by atoms with E-state index in [1.807, 2.05) is 31.2 Å². The van der Waals surface area contributed by atoms with E-state index in [-0.39, 0.29) is 12.3 Å². The Hall–Kier alpha value is -2.67. The molecule has 0 bridgehead atoms. The second kappa shape index (κ2) is 5.98. The summed E-state index contributed by atoms with van der Waals surface area (Å²) in [5.74, 6) is -0.223. The van der Waals surface area contributed by atoms with Crippen LogP contribution in [-0.2, 0) is 11.2 Å². The molecule has 1 aromatic carbocycles. The van der Waals surface area contributed by atoms with E-state index < -0.39 is 0 Å². The van der Waals surface area contributed by atoms with Gasteiger partial charge in [0.05, 0.1) is 18.3 Å². The summed E-state index contributed by atoms with van der Waals surface area (Å²) >= 11 is 1.32. The molecule has 112 valence electrons. The molecule has 0 unspecified atom stereocenters. The van der Waals surface area contributed by atoms with E-state index in [4.69, 9.17) is 5.73 Å². The van der Waals surface area contributed by atoms with Crippen LogP contribution in [0.25, 0.3) is 10.9 Å². The lowest BCUT2D eigenvalue weighted by molar-refractivity contribution is -0.120. The molecule has 0 radical (unpaired) electrons. The molecule has 22 heavy (non-hydrogen) atoms. The average Bonchev–Trinajstić information content (AvgIpc) is 3.03. The number of anilines is 1. The standard InChI is InChI=1S/C15H15N5OS/c1-9-12(11-4-2-3-5-13(11)18-9)7-17-20-14(21)6-10-8-22-15(16)19-10/h2-5,7-8,18H,6H2,1H3,(H2,16,19)(H,20,21)/b17-7-. The van der Waals surface area contributed by atoms with E-state index in [9.17, 15) is 4.79 Å². The molecule has 3 aromatic rings. The zero-order valence-corrected chi connectivity index (χ0v) is 12.8. The van der Waals surface area contributed by atoms with Crippen LogP contribution >= 0.6 is 11.3 Å². The summed E-state index contributed by atoms with van der Waals surface area (Å²) in [5.41, 5.74) is 11.7. The molecule has 0 aliphatic heterocycles. The highest BCUT2D eigenvalue weighted by molar-refractivity contribution is 7.13. The number of amides is 1. The first-order valence-electron chi connectivity index (χ1n) is 6.72. The summed E-state index contributed by atoms with van der Waals surface area (Å²) in [7, 11) is 0. The number of carbonyl (C=O) groups excluding carboxylic acids is 1. The molecular formula is C15H15N5OS. The van der Waals surface area contributed by atoms with Gasteiger partial charge in [0.25, 0.3) is 0 Å². The van der Waals surface area contributed by atoms with Crippen LogP contribution in [0.1, 0.15) is 17.0 Å². The Balaban J connectivity index is 1.68. The number of hydrazone groups is 1. The van der Waals surface area contributed by atoms with E-state index in [1.54, 1.807) is 11.6 Å². The number of nitrogens with two attached hydrogens (primary N) is 1. The molecule has 4 N–H and O–H groups in total. The topological polar surface area (TPSA) is 96.2 Å². The molecular weight excluding hydrogens is 298 g/mol. The van der Waals surface area contributed by atoms with E-state index in [2.05, 4.69) is 20.5 Å². The second-order valence-corrected chi connectivity index (χ2v) is 5.75. The van der Waals surface area contributed by atoms with Crippen LogP contribution in [0, 0.1) is 6.92 Å². The number of aryl methyl sites for hydroxylation is 1. The maximum atomic E-state index is 11.8. The number of aromatic nitrogens is 2. The molecule has 0 fully saturated rings. The predicted octanol–water partition coefficient (Wildman–Crippen LogP) is 2.21. The summed E-state index contributed by atoms with van der Waals surface area (Å²) < 4.78 is 0. The number of H-pyrrole nitrogens is 1. The fraction of sp³-hybridized carbons (Fsp3) is 0.133. The van der Waals surface area contributed by atoms with Crippen LogP contribution in [0.3, 0.4) is 0 Å². The number of fused-ring (bicyclic) bond motifs is 1. The normalized spacial score (nSPS) is 11.3. The highest BCUT2D eigenvalue weighted by Gasteiger charge is 2.07.